The van der Waals surface area contributed by atoms with Crippen molar-refractivity contribution in [2.75, 3.05) is 35.2 Å². The van der Waals surface area contributed by atoms with E-state index in [9.17, 15) is 22.8 Å². The predicted octanol–water partition coefficient (Wildman–Crippen LogP) is 3.99. The van der Waals surface area contributed by atoms with E-state index in [4.69, 9.17) is 7.48 Å². The normalized spacial score (nSPS) is 18.3. The van der Waals surface area contributed by atoms with Crippen molar-refractivity contribution >= 4 is 29.1 Å². The van der Waals surface area contributed by atoms with Crippen LogP contribution in [0.25, 0.3) is 0 Å². The molecular formula is C22H24F3N5O3. The number of nitrogens with one attached hydrogen (secondary N) is 3. The van der Waals surface area contributed by atoms with Crippen LogP contribution < -0.4 is 25.6 Å². The van der Waals surface area contributed by atoms with Crippen molar-refractivity contribution in [3.63, 3.8) is 0 Å². The first-order valence-corrected chi connectivity index (χ1v) is 10.3. The molecule has 1 aromatic heterocycles. The number of anilines is 3. The van der Waals surface area contributed by atoms with Gasteiger partial charge in [0.05, 0.1) is 11.4 Å². The first-order chi connectivity index (χ1) is 16.6. The van der Waals surface area contributed by atoms with E-state index >= 15 is 0 Å². The molecule has 33 heavy (non-hydrogen) atoms. The molecule has 1 fully saturated rings. The maximum atomic E-state index is 13.3. The van der Waals surface area contributed by atoms with Gasteiger partial charge in [0.1, 0.15) is 11.5 Å². The zero-order valence-electron chi connectivity index (χ0n) is 19.6. The van der Waals surface area contributed by atoms with Crippen molar-refractivity contribution in [3.8, 4) is 5.75 Å². The third kappa shape index (κ3) is 5.29. The number of urea groups is 1. The molecule has 4 rings (SSSR count). The minimum absolute atomic E-state index is 0.0813. The topological polar surface area (TPSA) is 95.6 Å². The SMILES string of the molecule is [3H]CC1([3H])CCN(c2nc(C(F)(F)F)ccc2CNC(=O)Nc2cccc3c2OCC(=O)N3)CC1. The second kappa shape index (κ2) is 9.16. The second-order valence-electron chi connectivity index (χ2n) is 7.74. The zero-order valence-corrected chi connectivity index (χ0v) is 17.6. The third-order valence-electron chi connectivity index (χ3n) is 5.34. The van der Waals surface area contributed by atoms with Crippen LogP contribution in [-0.4, -0.2) is 36.6 Å². The lowest BCUT2D eigenvalue weighted by Gasteiger charge is -2.33. The highest BCUT2D eigenvalue weighted by Gasteiger charge is 2.34. The highest BCUT2D eigenvalue weighted by Crippen LogP contribution is 2.35. The molecule has 2 aliphatic rings. The van der Waals surface area contributed by atoms with Crippen LogP contribution in [0.5, 0.6) is 5.75 Å². The van der Waals surface area contributed by atoms with Crippen molar-refractivity contribution < 1.29 is 30.2 Å². The zero-order chi connectivity index (χ0) is 25.2. The molecule has 1 aromatic carbocycles. The summed E-state index contributed by atoms with van der Waals surface area (Å²) in [6.45, 7) is 0.204. The van der Waals surface area contributed by atoms with Crippen molar-refractivity contribution in [1.82, 2.24) is 10.3 Å². The Balaban J connectivity index is 1.48. The van der Waals surface area contributed by atoms with Crippen molar-refractivity contribution in [1.29, 1.82) is 0 Å². The van der Waals surface area contributed by atoms with Crippen LogP contribution in [0.15, 0.2) is 30.3 Å². The number of carbonyl (C=O) groups is 2. The van der Waals surface area contributed by atoms with E-state index in [0.29, 0.717) is 35.5 Å². The van der Waals surface area contributed by atoms with E-state index in [0.717, 1.165) is 6.07 Å². The molecule has 0 radical (unpaired) electrons. The molecule has 2 aromatic rings. The van der Waals surface area contributed by atoms with Gasteiger partial charge in [-0.05, 0) is 36.9 Å². The van der Waals surface area contributed by atoms with E-state index in [1.807, 2.05) is 0 Å². The quantitative estimate of drug-likeness (QED) is 0.632. The van der Waals surface area contributed by atoms with Gasteiger partial charge in [-0.2, -0.15) is 13.2 Å². The van der Waals surface area contributed by atoms with Gasteiger partial charge in [0.2, 0.25) is 0 Å². The highest BCUT2D eigenvalue weighted by molar-refractivity contribution is 5.99. The molecule has 3 amide bonds. The van der Waals surface area contributed by atoms with E-state index in [1.165, 1.54) is 6.07 Å². The lowest BCUT2D eigenvalue weighted by Crippen LogP contribution is -2.36. The van der Waals surface area contributed by atoms with Crippen molar-refractivity contribution in [3.05, 3.63) is 41.6 Å². The fourth-order valence-electron chi connectivity index (χ4n) is 3.64. The maximum Gasteiger partial charge on any atom is 0.433 e. The summed E-state index contributed by atoms with van der Waals surface area (Å²) in [6, 6.07) is 6.37. The molecule has 3 heterocycles. The number of hydrogen-bond donors (Lipinski definition) is 3. The van der Waals surface area contributed by atoms with E-state index in [-0.39, 0.29) is 44.9 Å². The monoisotopic (exact) mass is 467 g/mol. The Labute approximate surface area is 191 Å². The number of pyridine rings is 1. The number of aromatic nitrogens is 1. The summed E-state index contributed by atoms with van der Waals surface area (Å²) >= 11 is 0. The molecule has 0 atom stereocenters. The van der Waals surface area contributed by atoms with Gasteiger partial charge in [-0.25, -0.2) is 9.78 Å². The Bertz CT molecular complexity index is 1120. The van der Waals surface area contributed by atoms with Crippen LogP contribution in [0.3, 0.4) is 0 Å². The smallest absolute Gasteiger partial charge is 0.433 e. The van der Waals surface area contributed by atoms with Crippen LogP contribution in [0.2, 0.25) is 0 Å². The number of piperidine rings is 1. The van der Waals surface area contributed by atoms with E-state index in [2.05, 4.69) is 20.9 Å². The molecule has 0 spiro atoms. The molecule has 1 saturated heterocycles. The Morgan fingerprint density at radius 1 is 1.33 bits per heavy atom. The number of rotatable bonds is 4. The number of alkyl halides is 3. The average Bonchev–Trinajstić information content (AvgIpc) is 2.82. The molecule has 11 heteroatoms. The number of amides is 3. The van der Waals surface area contributed by atoms with Crippen LogP contribution in [0.4, 0.5) is 35.2 Å². The van der Waals surface area contributed by atoms with E-state index < -0.39 is 23.8 Å². The molecule has 176 valence electrons. The van der Waals surface area contributed by atoms with Gasteiger partial charge >= 0.3 is 12.2 Å². The molecule has 0 unspecified atom stereocenters. The first-order valence-electron chi connectivity index (χ1n) is 11.5. The number of para-hydroxylation sites is 1. The molecule has 0 aliphatic carbocycles. The minimum atomic E-state index is -4.63. The van der Waals surface area contributed by atoms with Crippen LogP contribution in [0.1, 0.15) is 33.7 Å². The lowest BCUT2D eigenvalue weighted by atomic mass is 9.99. The summed E-state index contributed by atoms with van der Waals surface area (Å²) < 4.78 is 61.1. The summed E-state index contributed by atoms with van der Waals surface area (Å²) in [7, 11) is 0. The number of halogens is 3. The average molecular weight is 467 g/mol. The summed E-state index contributed by atoms with van der Waals surface area (Å²) in [6.07, 6.45) is -3.97. The fourth-order valence-corrected chi connectivity index (χ4v) is 3.64. The maximum absolute atomic E-state index is 13.3. The molecule has 8 nitrogen and oxygen atoms in total. The predicted molar refractivity (Wildman–Crippen MR) is 116 cm³/mol. The molecule has 2 aliphatic heterocycles. The Kier molecular flexibility index (Phi) is 5.59. The van der Waals surface area contributed by atoms with Gasteiger partial charge in [-0.3, -0.25) is 4.79 Å². The highest BCUT2D eigenvalue weighted by atomic mass is 19.4. The largest absolute Gasteiger partial charge is 0.479 e. The molecule has 0 saturated carbocycles. The Hall–Kier alpha value is -3.50. The fraction of sp³-hybridized carbons (Fsp3) is 0.409. The van der Waals surface area contributed by atoms with Gasteiger partial charge in [-0.15, -0.1) is 0 Å². The van der Waals surface area contributed by atoms with Gasteiger partial charge < -0.3 is 25.6 Å². The second-order valence-corrected chi connectivity index (χ2v) is 7.74. The molecule has 0 bridgehead atoms. The summed E-state index contributed by atoms with van der Waals surface area (Å²) in [5.41, 5.74) is 0.0784. The summed E-state index contributed by atoms with van der Waals surface area (Å²) in [5.74, 6) is -0.840. The minimum Gasteiger partial charge on any atom is -0.479 e. The number of benzene rings is 1. The number of hydrogen-bond acceptors (Lipinski definition) is 5. The van der Waals surface area contributed by atoms with Crippen molar-refractivity contribution in [2.24, 2.45) is 5.89 Å². The van der Waals surface area contributed by atoms with Crippen LogP contribution in [0, 0.1) is 5.89 Å². The molecule has 3 N–H and O–H groups in total. The van der Waals surface area contributed by atoms with Gasteiger partial charge in [0, 0.05) is 27.9 Å². The van der Waals surface area contributed by atoms with Gasteiger partial charge in [0.25, 0.3) is 5.91 Å². The lowest BCUT2D eigenvalue weighted by molar-refractivity contribution is -0.141. The number of nitrogens with zero attached hydrogens (tertiary/aromatic N) is 2. The van der Waals surface area contributed by atoms with Crippen molar-refractivity contribution in [2.45, 2.75) is 32.5 Å². The Morgan fingerprint density at radius 2 is 2.12 bits per heavy atom. The molecular weight excluding hydrogens is 439 g/mol. The Morgan fingerprint density at radius 3 is 2.85 bits per heavy atom. The van der Waals surface area contributed by atoms with Crippen LogP contribution >= 0.6 is 0 Å². The third-order valence-corrected chi connectivity index (χ3v) is 5.34. The standard InChI is InChI=1S/C22H24F3N5O3/c1-13-7-9-30(10-8-13)20-14(5-6-17(29-20)22(23,24)25)11-26-21(32)28-16-4-2-3-15-19(16)33-12-18(31)27-15/h2-6,13H,7-12H2,1H3,(H,27,31)(H2,26,28,32)/i1T,13T. The van der Waals surface area contributed by atoms with Gasteiger partial charge in [0.15, 0.2) is 12.4 Å². The summed E-state index contributed by atoms with van der Waals surface area (Å²) in [5, 5.41) is 7.88. The number of carbonyl (C=O) groups excluding carboxylic acids is 2. The summed E-state index contributed by atoms with van der Waals surface area (Å²) in [4.78, 5) is 29.5. The first kappa shape index (κ1) is 20.1. The van der Waals surface area contributed by atoms with E-state index in [1.54, 1.807) is 23.1 Å². The number of fused-ring (bicyclic) bond motifs is 1. The van der Waals surface area contributed by atoms with Crippen LogP contribution in [-0.2, 0) is 17.5 Å². The van der Waals surface area contributed by atoms with Gasteiger partial charge in [-0.1, -0.05) is 19.0 Å². The number of ether oxygens (including phenoxy) is 1.